The molecule has 12 heteroatoms. The molecule has 32 heavy (non-hydrogen) atoms. The molecule has 0 fully saturated rings. The number of nitrogens with zero attached hydrogens (tertiary/aromatic N) is 3. The summed E-state index contributed by atoms with van der Waals surface area (Å²) < 4.78 is 27.6. The Bertz CT molecular complexity index is 1240. The minimum absolute atomic E-state index is 0.0339. The predicted octanol–water partition coefficient (Wildman–Crippen LogP) is 0.618. The summed E-state index contributed by atoms with van der Waals surface area (Å²) in [7, 11) is 0. The number of carboxylic acid groups (broad SMARTS) is 1. The Hall–Kier alpha value is -3.25. The highest BCUT2D eigenvalue weighted by Gasteiger charge is 2.43. The number of nitrogens with one attached hydrogen (secondary N) is 2. The fourth-order valence-electron chi connectivity index (χ4n) is 3.41. The molecule has 0 amide bonds. The van der Waals surface area contributed by atoms with E-state index in [0.717, 1.165) is 11.1 Å². The average molecular weight is 450 g/mol. The molecule has 2 aliphatic rings. The highest BCUT2D eigenvalue weighted by atomic mass is 19.3. The second-order valence-corrected chi connectivity index (χ2v) is 7.73. The van der Waals surface area contributed by atoms with Crippen LogP contribution in [0.25, 0.3) is 22.6 Å². The molecule has 1 atom stereocenters. The molecule has 1 aromatic rings. The third-order valence-corrected chi connectivity index (χ3v) is 5.47. The van der Waals surface area contributed by atoms with Gasteiger partial charge in [-0.05, 0) is 56.5 Å². The standard InChI is InChI=1S/C20H24F2N6O4/c1-10-8-12-13(9-11(10)2)28(15-14(25-12)16(29)27-19(32)26-15)7-6-24-5-3-4-20(23,17(21)22)18(30)31/h8-9,17,24H,3-7,23H2,1-2H3,(H,30,31)(H,27,29,32). The van der Waals surface area contributed by atoms with Crippen LogP contribution in [0.15, 0.2) is 21.7 Å². The normalized spacial score (nSPS) is 13.7. The van der Waals surface area contributed by atoms with Crippen molar-refractivity contribution in [1.29, 1.82) is 0 Å². The first kappa shape index (κ1) is 23.4. The summed E-state index contributed by atoms with van der Waals surface area (Å²) in [6.45, 7) is 4.74. The van der Waals surface area contributed by atoms with Crippen LogP contribution in [-0.2, 0) is 11.3 Å². The molecule has 0 bridgehead atoms. The van der Waals surface area contributed by atoms with Gasteiger partial charge in [-0.3, -0.25) is 9.78 Å². The number of fused-ring (bicyclic) bond motifs is 2. The van der Waals surface area contributed by atoms with Gasteiger partial charge in [0.1, 0.15) is 0 Å². The largest absolute Gasteiger partial charge is 0.480 e. The molecule has 0 saturated carbocycles. The topological polar surface area (TPSA) is 156 Å². The zero-order chi connectivity index (χ0) is 23.6. The first-order valence-electron chi connectivity index (χ1n) is 9.97. The first-order valence-corrected chi connectivity index (χ1v) is 9.97. The SMILES string of the molecule is Cc1cc2nc3c(=O)[nH]c(=O)nc-3n(CCNCCCC(N)(C(=O)O)C(F)F)c2cc1C. The summed E-state index contributed by atoms with van der Waals surface area (Å²) >= 11 is 0. The van der Waals surface area contributed by atoms with Crippen molar-refractivity contribution in [2.45, 2.75) is 45.2 Å². The number of carbonyl (C=O) groups is 1. The van der Waals surface area contributed by atoms with E-state index in [1.54, 1.807) is 4.57 Å². The van der Waals surface area contributed by atoms with Crippen LogP contribution in [0.4, 0.5) is 8.78 Å². The molecule has 2 heterocycles. The number of halogens is 2. The third-order valence-electron chi connectivity index (χ3n) is 5.47. The minimum Gasteiger partial charge on any atom is -0.480 e. The molecule has 0 spiro atoms. The quantitative estimate of drug-likeness (QED) is 0.273. The number of hydrogen-bond donors (Lipinski definition) is 4. The summed E-state index contributed by atoms with van der Waals surface area (Å²) in [6.07, 6.45) is -3.45. The van der Waals surface area contributed by atoms with Gasteiger partial charge in [-0.25, -0.2) is 23.4 Å². The van der Waals surface area contributed by atoms with Gasteiger partial charge >= 0.3 is 11.7 Å². The van der Waals surface area contributed by atoms with E-state index >= 15 is 0 Å². The zero-order valence-electron chi connectivity index (χ0n) is 17.6. The molecular formula is C20H24F2N6O4. The first-order chi connectivity index (χ1) is 15.0. The van der Waals surface area contributed by atoms with Gasteiger partial charge in [-0.2, -0.15) is 4.98 Å². The Morgan fingerprint density at radius 2 is 1.94 bits per heavy atom. The molecule has 2 aliphatic heterocycles. The van der Waals surface area contributed by atoms with Crippen LogP contribution in [-0.4, -0.2) is 55.6 Å². The van der Waals surface area contributed by atoms with Crippen LogP contribution in [0.5, 0.6) is 0 Å². The lowest BCUT2D eigenvalue weighted by Gasteiger charge is -2.23. The summed E-state index contributed by atoms with van der Waals surface area (Å²) in [5.41, 5.74) is 4.57. The molecule has 5 N–H and O–H groups in total. The maximum Gasteiger partial charge on any atom is 0.349 e. The van der Waals surface area contributed by atoms with E-state index in [9.17, 15) is 23.2 Å². The van der Waals surface area contributed by atoms with E-state index in [-0.39, 0.29) is 24.5 Å². The molecule has 3 rings (SSSR count). The molecule has 0 aliphatic carbocycles. The fourth-order valence-corrected chi connectivity index (χ4v) is 3.41. The fraction of sp³-hybridized carbons (Fsp3) is 0.450. The molecular weight excluding hydrogens is 426 g/mol. The summed E-state index contributed by atoms with van der Waals surface area (Å²) in [5.74, 6) is -1.60. The Kier molecular flexibility index (Phi) is 6.65. The van der Waals surface area contributed by atoms with Gasteiger partial charge in [0.15, 0.2) is 17.1 Å². The van der Waals surface area contributed by atoms with E-state index in [1.807, 2.05) is 26.0 Å². The average Bonchev–Trinajstić information content (AvgIpc) is 2.71. The predicted molar refractivity (Wildman–Crippen MR) is 113 cm³/mol. The summed E-state index contributed by atoms with van der Waals surface area (Å²) in [4.78, 5) is 45.5. The van der Waals surface area contributed by atoms with Crippen LogP contribution in [0.3, 0.4) is 0 Å². The molecule has 172 valence electrons. The van der Waals surface area contributed by atoms with E-state index in [2.05, 4.69) is 20.3 Å². The number of benzene rings is 1. The smallest absolute Gasteiger partial charge is 0.349 e. The molecule has 1 unspecified atom stereocenters. The van der Waals surface area contributed by atoms with Gasteiger partial charge < -0.3 is 20.7 Å². The Morgan fingerprint density at radius 3 is 2.59 bits per heavy atom. The van der Waals surface area contributed by atoms with Gasteiger partial charge in [-0.15, -0.1) is 0 Å². The van der Waals surface area contributed by atoms with Crippen molar-refractivity contribution in [3.8, 4) is 11.5 Å². The number of H-pyrrole nitrogens is 1. The highest BCUT2D eigenvalue weighted by Crippen LogP contribution is 2.23. The lowest BCUT2D eigenvalue weighted by molar-refractivity contribution is -0.150. The monoisotopic (exact) mass is 450 g/mol. The second-order valence-electron chi connectivity index (χ2n) is 7.73. The number of aromatic amines is 1. The number of hydrogen-bond acceptors (Lipinski definition) is 7. The van der Waals surface area contributed by atoms with Crippen LogP contribution in [0.1, 0.15) is 24.0 Å². The Balaban J connectivity index is 1.80. The minimum atomic E-state index is -3.18. The maximum atomic E-state index is 13.0. The maximum absolute atomic E-state index is 13.0. The highest BCUT2D eigenvalue weighted by molar-refractivity contribution is 5.81. The number of aromatic nitrogens is 4. The van der Waals surface area contributed by atoms with Gasteiger partial charge in [0.25, 0.3) is 12.0 Å². The van der Waals surface area contributed by atoms with E-state index in [0.29, 0.717) is 24.1 Å². The van der Waals surface area contributed by atoms with Crippen molar-refractivity contribution in [2.75, 3.05) is 13.1 Å². The second kappa shape index (κ2) is 9.09. The van der Waals surface area contributed by atoms with E-state index in [4.69, 9.17) is 10.8 Å². The molecule has 0 aromatic heterocycles. The van der Waals surface area contributed by atoms with Crippen molar-refractivity contribution in [3.05, 3.63) is 44.1 Å². The number of rotatable bonds is 9. The van der Waals surface area contributed by atoms with Crippen molar-refractivity contribution in [2.24, 2.45) is 5.73 Å². The zero-order valence-corrected chi connectivity index (χ0v) is 17.6. The van der Waals surface area contributed by atoms with Gasteiger partial charge in [0.2, 0.25) is 0 Å². The molecule has 10 nitrogen and oxygen atoms in total. The van der Waals surface area contributed by atoms with Crippen molar-refractivity contribution < 1.29 is 18.7 Å². The molecule has 1 aromatic carbocycles. The van der Waals surface area contributed by atoms with Gasteiger partial charge in [0.05, 0.1) is 11.0 Å². The van der Waals surface area contributed by atoms with Crippen molar-refractivity contribution in [3.63, 3.8) is 0 Å². The van der Waals surface area contributed by atoms with Crippen LogP contribution in [0.2, 0.25) is 0 Å². The van der Waals surface area contributed by atoms with Gasteiger partial charge in [0, 0.05) is 13.1 Å². The Labute approximate surface area is 180 Å². The number of alkyl halides is 2. The number of aliphatic carboxylic acids is 1. The Morgan fingerprint density at radius 1 is 1.25 bits per heavy atom. The molecule has 0 radical (unpaired) electrons. The lowest BCUT2D eigenvalue weighted by Crippen LogP contribution is -2.54. The number of aryl methyl sites for hydroxylation is 2. The summed E-state index contributed by atoms with van der Waals surface area (Å²) in [6, 6.07) is 3.73. The number of carboxylic acids is 1. The van der Waals surface area contributed by atoms with Crippen LogP contribution >= 0.6 is 0 Å². The lowest BCUT2D eigenvalue weighted by atomic mass is 9.95. The van der Waals surface area contributed by atoms with E-state index in [1.165, 1.54) is 0 Å². The van der Waals surface area contributed by atoms with Crippen molar-refractivity contribution in [1.82, 2.24) is 24.8 Å². The van der Waals surface area contributed by atoms with Gasteiger partial charge in [-0.1, -0.05) is 0 Å². The number of nitrogens with two attached hydrogens (primary N) is 1. The third kappa shape index (κ3) is 4.50. The van der Waals surface area contributed by atoms with Crippen LogP contribution in [0, 0.1) is 13.8 Å². The molecule has 0 saturated heterocycles. The van der Waals surface area contributed by atoms with Crippen molar-refractivity contribution >= 4 is 17.0 Å². The van der Waals surface area contributed by atoms with Crippen LogP contribution < -0.4 is 22.3 Å². The van der Waals surface area contributed by atoms with E-state index < -0.39 is 35.6 Å². The summed E-state index contributed by atoms with van der Waals surface area (Å²) in [5, 5.41) is 12.0.